The zero-order valence-electron chi connectivity index (χ0n) is 27.6. The number of carbonyl (C=O) groups is 3. The number of rotatable bonds is 12. The minimum atomic E-state index is -0.638. The molecule has 46 heavy (non-hydrogen) atoms. The number of benzene rings is 3. The molecule has 9 heteroatoms. The summed E-state index contributed by atoms with van der Waals surface area (Å²) in [5, 5.41) is 2.79. The highest BCUT2D eigenvalue weighted by atomic mass is 19.1. The topological polar surface area (TPSA) is 94.2 Å². The van der Waals surface area contributed by atoms with Crippen molar-refractivity contribution >= 4 is 17.7 Å². The van der Waals surface area contributed by atoms with Crippen molar-refractivity contribution in [3.8, 4) is 11.5 Å². The molecular weight excluding hydrogens is 587 g/mol. The predicted octanol–water partition coefficient (Wildman–Crippen LogP) is 6.85. The van der Waals surface area contributed by atoms with Crippen LogP contribution < -0.4 is 14.8 Å². The molecule has 1 heterocycles. The number of methoxy groups -OCH3 is 2. The Morgan fingerprint density at radius 1 is 0.848 bits per heavy atom. The van der Waals surface area contributed by atoms with E-state index < -0.39 is 29.4 Å². The summed E-state index contributed by atoms with van der Waals surface area (Å²) in [6.45, 7) is 8.96. The highest BCUT2D eigenvalue weighted by molar-refractivity contribution is 6.02. The van der Waals surface area contributed by atoms with Crippen molar-refractivity contribution in [3.63, 3.8) is 0 Å². The van der Waals surface area contributed by atoms with Crippen LogP contribution in [-0.4, -0.2) is 68.6 Å². The van der Waals surface area contributed by atoms with Gasteiger partial charge < -0.3 is 24.4 Å². The lowest BCUT2D eigenvalue weighted by Gasteiger charge is -2.43. The number of amides is 1. The maximum atomic E-state index is 15.0. The molecule has 8 nitrogen and oxygen atoms in total. The SMILES string of the molecule is COc1cccc(C(=O)C2CN(CCCCNC(=O)OC(C)(C)C)CC(C(=O)c3cccc(OC)c3)C2c2cccc(F)c2C)c1. The van der Waals surface area contributed by atoms with Crippen LogP contribution in [0, 0.1) is 24.6 Å². The van der Waals surface area contributed by atoms with Gasteiger partial charge in [-0.25, -0.2) is 9.18 Å². The maximum absolute atomic E-state index is 15.0. The number of hydrogen-bond acceptors (Lipinski definition) is 7. The maximum Gasteiger partial charge on any atom is 0.407 e. The third-order valence-electron chi connectivity index (χ3n) is 8.40. The van der Waals surface area contributed by atoms with Crippen molar-refractivity contribution < 1.29 is 33.0 Å². The van der Waals surface area contributed by atoms with Crippen molar-refractivity contribution in [2.75, 3.05) is 40.4 Å². The molecule has 2 unspecified atom stereocenters. The second-order valence-corrected chi connectivity index (χ2v) is 12.8. The Labute approximate surface area is 271 Å². The van der Waals surface area contributed by atoms with Gasteiger partial charge in [0.05, 0.1) is 14.2 Å². The molecule has 0 aromatic heterocycles. The van der Waals surface area contributed by atoms with Crippen molar-refractivity contribution in [3.05, 3.63) is 94.8 Å². The van der Waals surface area contributed by atoms with Crippen LogP contribution in [0.4, 0.5) is 9.18 Å². The Bertz CT molecular complexity index is 1460. The lowest BCUT2D eigenvalue weighted by atomic mass is 9.67. The fraction of sp³-hybridized carbons (Fsp3) is 0.432. The Morgan fingerprint density at radius 2 is 1.39 bits per heavy atom. The molecule has 3 aromatic carbocycles. The van der Waals surface area contributed by atoms with Crippen molar-refractivity contribution in [1.29, 1.82) is 0 Å². The van der Waals surface area contributed by atoms with Crippen LogP contribution in [0.5, 0.6) is 11.5 Å². The van der Waals surface area contributed by atoms with Crippen LogP contribution in [0.15, 0.2) is 66.7 Å². The van der Waals surface area contributed by atoms with Crippen LogP contribution in [0.2, 0.25) is 0 Å². The average molecular weight is 633 g/mol. The van der Waals surface area contributed by atoms with E-state index in [0.29, 0.717) is 66.4 Å². The standard InChI is InChI=1S/C37H45FN2O6/c1-24-29(16-11-17-32(24)38)33-30(34(41)25-12-9-14-27(20-25)44-5)22-40(19-8-7-18-39-36(43)46-37(2,3)4)23-31(33)35(42)26-13-10-15-28(21-26)45-6/h9-17,20-21,30-31,33H,7-8,18-19,22-23H2,1-6H3,(H,39,43). The predicted molar refractivity (Wildman–Crippen MR) is 175 cm³/mol. The molecule has 0 aliphatic carbocycles. The first-order chi connectivity index (χ1) is 21.9. The number of ether oxygens (including phenoxy) is 3. The third kappa shape index (κ3) is 8.72. The average Bonchev–Trinajstić information content (AvgIpc) is 3.04. The highest BCUT2D eigenvalue weighted by Crippen LogP contribution is 2.43. The number of alkyl carbamates (subject to hydrolysis) is 1. The van der Waals surface area contributed by atoms with E-state index >= 15 is 4.39 Å². The van der Waals surface area contributed by atoms with E-state index in [1.165, 1.54) is 6.07 Å². The van der Waals surface area contributed by atoms with Crippen molar-refractivity contribution in [1.82, 2.24) is 10.2 Å². The smallest absolute Gasteiger partial charge is 0.407 e. The summed E-state index contributed by atoms with van der Waals surface area (Å²) >= 11 is 0. The summed E-state index contributed by atoms with van der Waals surface area (Å²) in [5.41, 5.74) is 1.45. The summed E-state index contributed by atoms with van der Waals surface area (Å²) in [6, 6.07) is 18.9. The first-order valence-corrected chi connectivity index (χ1v) is 15.7. The second-order valence-electron chi connectivity index (χ2n) is 12.8. The molecule has 1 aliphatic heterocycles. The summed E-state index contributed by atoms with van der Waals surface area (Å²) in [5.74, 6) is -1.38. The van der Waals surface area contributed by atoms with E-state index in [0.717, 1.165) is 6.42 Å². The first-order valence-electron chi connectivity index (χ1n) is 15.7. The van der Waals surface area contributed by atoms with E-state index in [-0.39, 0.29) is 17.4 Å². The number of unbranched alkanes of at least 4 members (excludes halogenated alkanes) is 1. The van der Waals surface area contributed by atoms with Gasteiger partial charge in [-0.15, -0.1) is 0 Å². The fourth-order valence-electron chi connectivity index (χ4n) is 6.18. The van der Waals surface area contributed by atoms with E-state index in [4.69, 9.17) is 14.2 Å². The Morgan fingerprint density at radius 3 is 1.91 bits per heavy atom. The minimum Gasteiger partial charge on any atom is -0.497 e. The molecule has 4 rings (SSSR count). The van der Waals surface area contributed by atoms with Crippen molar-refractivity contribution in [2.45, 2.75) is 52.1 Å². The zero-order valence-corrected chi connectivity index (χ0v) is 27.6. The molecule has 1 saturated heterocycles. The van der Waals surface area contributed by atoms with E-state index in [1.807, 2.05) is 26.8 Å². The number of hydrogen-bond donors (Lipinski definition) is 1. The van der Waals surface area contributed by atoms with Gasteiger partial charge in [0.2, 0.25) is 0 Å². The van der Waals surface area contributed by atoms with Crippen LogP contribution >= 0.6 is 0 Å². The number of Topliss-reactive ketones (excluding diaryl/α,β-unsaturated/α-hetero) is 2. The highest BCUT2D eigenvalue weighted by Gasteiger charge is 2.45. The summed E-state index contributed by atoms with van der Waals surface area (Å²) < 4.78 is 31.2. The number of carbonyl (C=O) groups excluding carboxylic acids is 3. The van der Waals surface area contributed by atoms with Crippen LogP contribution in [0.25, 0.3) is 0 Å². The first kappa shape index (κ1) is 34.6. The molecular formula is C37H45FN2O6. The number of nitrogens with zero attached hydrogens (tertiary/aromatic N) is 1. The lowest BCUT2D eigenvalue weighted by Crippen LogP contribution is -2.50. The summed E-state index contributed by atoms with van der Waals surface area (Å²) in [4.78, 5) is 43.0. The van der Waals surface area contributed by atoms with Gasteiger partial charge in [-0.3, -0.25) is 9.59 Å². The van der Waals surface area contributed by atoms with E-state index in [2.05, 4.69) is 10.2 Å². The Kier molecular flexibility index (Phi) is 11.6. The largest absolute Gasteiger partial charge is 0.497 e. The summed E-state index contributed by atoms with van der Waals surface area (Å²) in [6.07, 6.45) is 0.941. The van der Waals surface area contributed by atoms with Gasteiger partial charge in [0.15, 0.2) is 11.6 Å². The molecule has 246 valence electrons. The zero-order chi connectivity index (χ0) is 33.4. The molecule has 1 amide bonds. The van der Waals surface area contributed by atoms with Gasteiger partial charge in [0, 0.05) is 48.5 Å². The monoisotopic (exact) mass is 632 g/mol. The number of piperidine rings is 1. The quantitative estimate of drug-likeness (QED) is 0.172. The lowest BCUT2D eigenvalue weighted by molar-refractivity contribution is 0.0514. The minimum absolute atomic E-state index is 0.132. The molecule has 3 aromatic rings. The number of halogens is 1. The molecule has 0 bridgehead atoms. The number of nitrogens with one attached hydrogen (secondary N) is 1. The second kappa shape index (κ2) is 15.4. The molecule has 1 aliphatic rings. The van der Waals surface area contributed by atoms with E-state index in [1.54, 1.807) is 75.7 Å². The Balaban J connectivity index is 1.68. The van der Waals surface area contributed by atoms with Crippen LogP contribution in [0.3, 0.4) is 0 Å². The molecule has 1 fully saturated rings. The van der Waals surface area contributed by atoms with E-state index in [9.17, 15) is 14.4 Å². The van der Waals surface area contributed by atoms with Crippen LogP contribution in [0.1, 0.15) is 71.4 Å². The van der Waals surface area contributed by atoms with Crippen molar-refractivity contribution in [2.24, 2.45) is 11.8 Å². The van der Waals surface area contributed by atoms with Gasteiger partial charge in [0.1, 0.15) is 22.9 Å². The summed E-state index contributed by atoms with van der Waals surface area (Å²) in [7, 11) is 3.09. The van der Waals surface area contributed by atoms with Gasteiger partial charge in [-0.05, 0) is 88.5 Å². The molecule has 2 atom stereocenters. The fourth-order valence-corrected chi connectivity index (χ4v) is 6.18. The molecule has 0 spiro atoms. The van der Waals surface area contributed by atoms with Crippen LogP contribution in [-0.2, 0) is 4.74 Å². The molecule has 1 N–H and O–H groups in total. The van der Waals surface area contributed by atoms with Gasteiger partial charge in [0.25, 0.3) is 0 Å². The number of likely N-dealkylation sites (tertiary alicyclic amines) is 1. The van der Waals surface area contributed by atoms with Gasteiger partial charge in [-0.1, -0.05) is 36.4 Å². The van der Waals surface area contributed by atoms with Gasteiger partial charge in [-0.2, -0.15) is 0 Å². The van der Waals surface area contributed by atoms with Gasteiger partial charge >= 0.3 is 6.09 Å². The molecule has 0 radical (unpaired) electrons. The number of ketones is 2. The molecule has 0 saturated carbocycles. The third-order valence-corrected chi connectivity index (χ3v) is 8.40. The normalized spacial score (nSPS) is 18.5. The Hall–Kier alpha value is -4.24.